The Morgan fingerprint density at radius 3 is 2.65 bits per heavy atom. The monoisotopic (exact) mass is 348 g/mol. The van der Waals surface area contributed by atoms with Gasteiger partial charge >= 0.3 is 0 Å². The van der Waals surface area contributed by atoms with Crippen molar-refractivity contribution < 1.29 is 14.3 Å². The van der Waals surface area contributed by atoms with Crippen molar-refractivity contribution in [1.29, 1.82) is 0 Å². The van der Waals surface area contributed by atoms with Gasteiger partial charge in [-0.15, -0.1) is 0 Å². The number of pyridine rings is 1. The number of hydrogen-bond acceptors (Lipinski definition) is 4. The van der Waals surface area contributed by atoms with Crippen molar-refractivity contribution in [2.24, 2.45) is 0 Å². The molecule has 0 bridgehead atoms. The lowest BCUT2D eigenvalue weighted by molar-refractivity contribution is 0.102. The Bertz CT molecular complexity index is 980. The molecule has 0 radical (unpaired) electrons. The molecule has 0 saturated heterocycles. The van der Waals surface area contributed by atoms with Crippen LogP contribution in [0.2, 0.25) is 0 Å². The summed E-state index contributed by atoms with van der Waals surface area (Å²) in [5, 5.41) is 3.85. The van der Waals surface area contributed by atoms with Gasteiger partial charge in [0.25, 0.3) is 5.91 Å². The van der Waals surface area contributed by atoms with Crippen LogP contribution in [0.1, 0.15) is 22.8 Å². The maximum Gasteiger partial charge on any atom is 0.255 e. The Hall–Kier alpha value is -3.34. The lowest BCUT2D eigenvalue weighted by Gasteiger charge is -2.13. The lowest BCUT2D eigenvalue weighted by Crippen LogP contribution is -2.13. The first-order valence-electron chi connectivity index (χ1n) is 8.21. The third-order valence-electron chi connectivity index (χ3n) is 3.96. The molecule has 3 rings (SSSR count). The summed E-state index contributed by atoms with van der Waals surface area (Å²) >= 11 is 0. The number of benzene rings is 2. The van der Waals surface area contributed by atoms with Crippen molar-refractivity contribution in [3.8, 4) is 11.5 Å². The lowest BCUT2D eigenvalue weighted by atomic mass is 10.1. The largest absolute Gasteiger partial charge is 0.493 e. The molecular weight excluding hydrogens is 328 g/mol. The van der Waals surface area contributed by atoms with Crippen LogP contribution in [0.5, 0.6) is 11.5 Å². The molecular formula is C21H20N2O3. The van der Waals surface area contributed by atoms with Gasteiger partial charge in [-0.1, -0.05) is 30.4 Å². The van der Waals surface area contributed by atoms with Gasteiger partial charge in [0.15, 0.2) is 11.5 Å². The summed E-state index contributed by atoms with van der Waals surface area (Å²) in [7, 11) is 3.12. The van der Waals surface area contributed by atoms with E-state index >= 15 is 0 Å². The summed E-state index contributed by atoms with van der Waals surface area (Å²) in [6.45, 7) is 1.90. The second kappa shape index (κ2) is 7.70. The average molecular weight is 348 g/mol. The van der Waals surface area contributed by atoms with E-state index in [0.29, 0.717) is 22.7 Å². The highest BCUT2D eigenvalue weighted by atomic mass is 16.5. The van der Waals surface area contributed by atoms with Crippen LogP contribution < -0.4 is 14.8 Å². The van der Waals surface area contributed by atoms with E-state index in [2.05, 4.69) is 10.3 Å². The van der Waals surface area contributed by atoms with Crippen LogP contribution >= 0.6 is 0 Å². The van der Waals surface area contributed by atoms with Crippen LogP contribution in [0, 0.1) is 0 Å². The summed E-state index contributed by atoms with van der Waals surface area (Å²) in [4.78, 5) is 17.1. The van der Waals surface area contributed by atoms with Gasteiger partial charge in [0.1, 0.15) is 0 Å². The molecule has 0 spiro atoms. The number of carbonyl (C=O) groups excluding carboxylic acids is 1. The van der Waals surface area contributed by atoms with Crippen LogP contribution in [0.25, 0.3) is 17.0 Å². The van der Waals surface area contributed by atoms with Crippen LogP contribution in [0.4, 0.5) is 5.69 Å². The predicted molar refractivity (Wildman–Crippen MR) is 104 cm³/mol. The molecule has 0 aliphatic rings. The fraction of sp³-hybridized carbons (Fsp3) is 0.143. The summed E-state index contributed by atoms with van der Waals surface area (Å²) in [6, 6.07) is 13.1. The number of allylic oxidation sites excluding steroid dienone is 1. The minimum Gasteiger partial charge on any atom is -0.493 e. The Morgan fingerprint density at radius 1 is 1.12 bits per heavy atom. The number of methoxy groups -OCH3 is 2. The van der Waals surface area contributed by atoms with Gasteiger partial charge in [0.05, 0.1) is 31.6 Å². The molecule has 2 aromatic carbocycles. The number of fused-ring (bicyclic) bond motifs is 1. The van der Waals surface area contributed by atoms with Crippen molar-refractivity contribution in [2.75, 3.05) is 19.5 Å². The number of nitrogens with zero attached hydrogens (tertiary/aromatic N) is 1. The van der Waals surface area contributed by atoms with Crippen LogP contribution in [0.15, 0.2) is 54.7 Å². The van der Waals surface area contributed by atoms with Gasteiger partial charge in [-0.25, -0.2) is 0 Å². The zero-order chi connectivity index (χ0) is 18.5. The molecule has 5 nitrogen and oxygen atoms in total. The van der Waals surface area contributed by atoms with Crippen LogP contribution in [-0.2, 0) is 0 Å². The average Bonchev–Trinajstić information content (AvgIpc) is 2.67. The fourth-order valence-corrected chi connectivity index (χ4v) is 2.77. The van der Waals surface area contributed by atoms with Crippen molar-refractivity contribution in [1.82, 2.24) is 4.98 Å². The van der Waals surface area contributed by atoms with E-state index in [1.807, 2.05) is 49.4 Å². The van der Waals surface area contributed by atoms with E-state index in [9.17, 15) is 4.79 Å². The summed E-state index contributed by atoms with van der Waals surface area (Å²) < 4.78 is 10.8. The number of amides is 1. The minimum absolute atomic E-state index is 0.242. The number of para-hydroxylation sites is 1. The molecule has 1 aromatic heterocycles. The molecule has 0 unspecified atom stereocenters. The number of aromatic nitrogens is 1. The van der Waals surface area contributed by atoms with E-state index < -0.39 is 0 Å². The molecule has 0 fully saturated rings. The highest BCUT2D eigenvalue weighted by molar-refractivity contribution is 6.05. The van der Waals surface area contributed by atoms with Gasteiger partial charge in [-0.05, 0) is 31.2 Å². The van der Waals surface area contributed by atoms with Crippen LogP contribution in [0.3, 0.4) is 0 Å². The maximum absolute atomic E-state index is 12.7. The second-order valence-electron chi connectivity index (χ2n) is 5.67. The smallest absolute Gasteiger partial charge is 0.255 e. The molecule has 0 atom stereocenters. The first-order chi connectivity index (χ1) is 12.7. The number of nitrogens with one attached hydrogen (secondary N) is 1. The third-order valence-corrected chi connectivity index (χ3v) is 3.96. The maximum atomic E-state index is 12.7. The topological polar surface area (TPSA) is 60.5 Å². The van der Waals surface area contributed by atoms with Gasteiger partial charge in [0, 0.05) is 16.5 Å². The highest BCUT2D eigenvalue weighted by Crippen LogP contribution is 2.33. The number of anilines is 1. The molecule has 26 heavy (non-hydrogen) atoms. The molecule has 0 aliphatic heterocycles. The normalized spacial score (nSPS) is 10.9. The van der Waals surface area contributed by atoms with E-state index in [0.717, 1.165) is 16.5 Å². The molecule has 132 valence electrons. The van der Waals surface area contributed by atoms with Crippen molar-refractivity contribution in [3.05, 3.63) is 65.9 Å². The highest BCUT2D eigenvalue weighted by Gasteiger charge is 2.15. The number of rotatable bonds is 5. The SMILES string of the molecule is CC=Cc1cc(C(=O)Nc2cnc3ccccc3c2)cc(OC)c1OC. The predicted octanol–water partition coefficient (Wildman–Crippen LogP) is 4.54. The van der Waals surface area contributed by atoms with E-state index in [-0.39, 0.29) is 5.91 Å². The Kier molecular flexibility index (Phi) is 5.17. The quantitative estimate of drug-likeness (QED) is 0.735. The number of hydrogen-bond donors (Lipinski definition) is 1. The van der Waals surface area contributed by atoms with Gasteiger partial charge in [-0.3, -0.25) is 9.78 Å². The fourth-order valence-electron chi connectivity index (χ4n) is 2.77. The number of ether oxygens (including phenoxy) is 2. The third kappa shape index (κ3) is 3.52. The molecule has 3 aromatic rings. The molecule has 0 aliphatic carbocycles. The molecule has 5 heteroatoms. The summed E-state index contributed by atoms with van der Waals surface area (Å²) in [5.41, 5.74) is 2.77. The number of carbonyl (C=O) groups is 1. The zero-order valence-electron chi connectivity index (χ0n) is 14.9. The summed E-state index contributed by atoms with van der Waals surface area (Å²) in [6.07, 6.45) is 5.40. The molecule has 0 saturated carbocycles. The van der Waals surface area contributed by atoms with Crippen molar-refractivity contribution in [3.63, 3.8) is 0 Å². The molecule has 1 amide bonds. The Morgan fingerprint density at radius 2 is 1.92 bits per heavy atom. The zero-order valence-corrected chi connectivity index (χ0v) is 14.9. The first kappa shape index (κ1) is 17.5. The van der Waals surface area contributed by atoms with Crippen LogP contribution in [-0.4, -0.2) is 25.1 Å². The standard InChI is InChI=1S/C21H20N2O3/c1-4-7-15-10-16(12-19(25-2)20(15)26-3)21(24)23-17-11-14-8-5-6-9-18(14)22-13-17/h4-13H,1-3H3,(H,23,24). The Labute approximate surface area is 152 Å². The summed E-state index contributed by atoms with van der Waals surface area (Å²) in [5.74, 6) is 0.855. The van der Waals surface area contributed by atoms with Gasteiger partial charge in [-0.2, -0.15) is 0 Å². The van der Waals surface area contributed by atoms with E-state index in [1.165, 1.54) is 0 Å². The second-order valence-corrected chi connectivity index (χ2v) is 5.67. The van der Waals surface area contributed by atoms with Crippen molar-refractivity contribution >= 4 is 28.6 Å². The van der Waals surface area contributed by atoms with E-state index in [4.69, 9.17) is 9.47 Å². The minimum atomic E-state index is -0.242. The van der Waals surface area contributed by atoms with Crippen molar-refractivity contribution in [2.45, 2.75) is 6.92 Å². The molecule has 1 N–H and O–H groups in total. The van der Waals surface area contributed by atoms with E-state index in [1.54, 1.807) is 32.5 Å². The molecule has 1 heterocycles. The first-order valence-corrected chi connectivity index (χ1v) is 8.21. The van der Waals surface area contributed by atoms with Gasteiger partial charge in [0.2, 0.25) is 0 Å². The van der Waals surface area contributed by atoms with Gasteiger partial charge < -0.3 is 14.8 Å². The Balaban J connectivity index is 1.94.